The molecule has 0 saturated carbocycles. The maximum absolute atomic E-state index is 4.54. The predicted octanol–water partition coefficient (Wildman–Crippen LogP) is 3.76. The van der Waals surface area contributed by atoms with Crippen LogP contribution in [0.2, 0.25) is 0 Å². The zero-order chi connectivity index (χ0) is 17.8. The average molecular weight is 476 g/mol. The van der Waals surface area contributed by atoms with Gasteiger partial charge >= 0.3 is 0 Å². The summed E-state index contributed by atoms with van der Waals surface area (Å²) in [7, 11) is 1.90. The number of para-hydroxylation sites is 1. The summed E-state index contributed by atoms with van der Waals surface area (Å²) in [5.41, 5.74) is 4.25. The van der Waals surface area contributed by atoms with Gasteiger partial charge in [0.05, 0.1) is 0 Å². The van der Waals surface area contributed by atoms with Crippen molar-refractivity contribution in [3.8, 4) is 0 Å². The largest absolute Gasteiger partial charge is 0.371 e. The molecule has 5 heteroatoms. The Kier molecular flexibility index (Phi) is 6.99. The molecule has 0 aliphatic carbocycles. The van der Waals surface area contributed by atoms with Crippen molar-refractivity contribution in [3.05, 3.63) is 65.7 Å². The summed E-state index contributed by atoms with van der Waals surface area (Å²) in [6, 6.07) is 19.5. The van der Waals surface area contributed by atoms with E-state index in [1.54, 1.807) is 0 Å². The highest BCUT2D eigenvalue weighted by molar-refractivity contribution is 14.0. The normalized spacial score (nSPS) is 19.4. The molecule has 4 nitrogen and oxygen atoms in total. The molecular formula is C22H29IN4. The third-order valence-electron chi connectivity index (χ3n) is 5.60. The Morgan fingerprint density at radius 1 is 1.04 bits per heavy atom. The summed E-state index contributed by atoms with van der Waals surface area (Å²) in [4.78, 5) is 9.41. The number of fused-ring (bicyclic) bond motifs is 1. The second-order valence-corrected chi connectivity index (χ2v) is 7.30. The summed E-state index contributed by atoms with van der Waals surface area (Å²) >= 11 is 0. The van der Waals surface area contributed by atoms with Crippen LogP contribution in [0, 0.1) is 5.92 Å². The topological polar surface area (TPSA) is 30.9 Å². The Morgan fingerprint density at radius 3 is 2.56 bits per heavy atom. The molecule has 144 valence electrons. The fraction of sp³-hybridized carbons (Fsp3) is 0.409. The number of anilines is 1. The maximum atomic E-state index is 4.54. The van der Waals surface area contributed by atoms with Gasteiger partial charge in [-0.2, -0.15) is 0 Å². The fourth-order valence-electron chi connectivity index (χ4n) is 4.12. The highest BCUT2D eigenvalue weighted by Gasteiger charge is 2.24. The van der Waals surface area contributed by atoms with Crippen molar-refractivity contribution >= 4 is 35.6 Å². The van der Waals surface area contributed by atoms with Crippen LogP contribution in [0.15, 0.2) is 59.6 Å². The van der Waals surface area contributed by atoms with Gasteiger partial charge in [-0.05, 0) is 42.0 Å². The van der Waals surface area contributed by atoms with Gasteiger partial charge in [-0.25, -0.2) is 0 Å². The first kappa shape index (κ1) is 20.0. The highest BCUT2D eigenvalue weighted by atomic mass is 127. The number of guanidine groups is 1. The zero-order valence-corrected chi connectivity index (χ0v) is 18.3. The molecule has 0 radical (unpaired) electrons. The van der Waals surface area contributed by atoms with Crippen molar-refractivity contribution in [3.63, 3.8) is 0 Å². The first-order valence-corrected chi connectivity index (χ1v) is 9.66. The molecule has 1 unspecified atom stereocenters. The number of hydrogen-bond acceptors (Lipinski definition) is 2. The second kappa shape index (κ2) is 9.44. The minimum absolute atomic E-state index is 0. The molecule has 2 heterocycles. The molecule has 1 fully saturated rings. The molecule has 27 heavy (non-hydrogen) atoms. The predicted molar refractivity (Wildman–Crippen MR) is 124 cm³/mol. The molecule has 2 aromatic carbocycles. The van der Waals surface area contributed by atoms with Crippen LogP contribution in [0.3, 0.4) is 0 Å². The van der Waals surface area contributed by atoms with E-state index < -0.39 is 0 Å². The van der Waals surface area contributed by atoms with Crippen LogP contribution in [0.1, 0.15) is 17.5 Å². The van der Waals surface area contributed by atoms with Gasteiger partial charge in [0.1, 0.15) is 0 Å². The van der Waals surface area contributed by atoms with Crippen LogP contribution in [-0.4, -0.2) is 44.1 Å². The number of hydrogen-bond donors (Lipinski definition) is 1. The number of halogens is 1. The Balaban J connectivity index is 0.00000210. The van der Waals surface area contributed by atoms with Crippen LogP contribution in [-0.2, 0) is 13.0 Å². The van der Waals surface area contributed by atoms with Crippen molar-refractivity contribution in [1.29, 1.82) is 0 Å². The van der Waals surface area contributed by atoms with Gasteiger partial charge in [0.2, 0.25) is 0 Å². The minimum atomic E-state index is 0. The maximum Gasteiger partial charge on any atom is 0.193 e. The van der Waals surface area contributed by atoms with Crippen LogP contribution in [0.4, 0.5) is 5.69 Å². The van der Waals surface area contributed by atoms with Gasteiger partial charge in [0.25, 0.3) is 0 Å². The first-order valence-electron chi connectivity index (χ1n) is 9.66. The van der Waals surface area contributed by atoms with Crippen LogP contribution >= 0.6 is 24.0 Å². The van der Waals surface area contributed by atoms with E-state index in [2.05, 4.69) is 74.7 Å². The van der Waals surface area contributed by atoms with Crippen molar-refractivity contribution < 1.29 is 0 Å². The van der Waals surface area contributed by atoms with E-state index in [1.165, 1.54) is 23.2 Å². The molecular weight excluding hydrogens is 447 g/mol. The molecule has 0 spiro atoms. The lowest BCUT2D eigenvalue weighted by Gasteiger charge is -2.32. The smallest absolute Gasteiger partial charge is 0.193 e. The Bertz CT molecular complexity index is 762. The first-order chi connectivity index (χ1) is 12.8. The van der Waals surface area contributed by atoms with Crippen molar-refractivity contribution in [2.75, 3.05) is 38.1 Å². The van der Waals surface area contributed by atoms with Gasteiger partial charge in [-0.3, -0.25) is 4.99 Å². The van der Waals surface area contributed by atoms with Gasteiger partial charge in [0.15, 0.2) is 5.96 Å². The third-order valence-corrected chi connectivity index (χ3v) is 5.60. The summed E-state index contributed by atoms with van der Waals surface area (Å²) < 4.78 is 0. The van der Waals surface area contributed by atoms with Gasteiger partial charge in [0, 0.05) is 45.5 Å². The van der Waals surface area contributed by atoms with Crippen LogP contribution in [0.25, 0.3) is 0 Å². The number of nitrogens with zero attached hydrogens (tertiary/aromatic N) is 3. The highest BCUT2D eigenvalue weighted by Crippen LogP contribution is 2.23. The molecule has 2 aromatic rings. The number of rotatable bonds is 3. The fourth-order valence-corrected chi connectivity index (χ4v) is 4.12. The SMILES string of the molecule is CN=C(NCC1CCN(c2ccccc2)C1)N1CCc2ccccc2C1.I. The summed E-state index contributed by atoms with van der Waals surface area (Å²) in [6.45, 7) is 5.26. The second-order valence-electron chi connectivity index (χ2n) is 7.30. The van der Waals surface area contributed by atoms with E-state index in [4.69, 9.17) is 0 Å². The summed E-state index contributed by atoms with van der Waals surface area (Å²) in [5.74, 6) is 1.71. The van der Waals surface area contributed by atoms with E-state index in [-0.39, 0.29) is 24.0 Å². The lowest BCUT2D eigenvalue weighted by atomic mass is 10.0. The van der Waals surface area contributed by atoms with E-state index in [9.17, 15) is 0 Å². The van der Waals surface area contributed by atoms with Gasteiger partial charge < -0.3 is 15.1 Å². The molecule has 4 rings (SSSR count). The van der Waals surface area contributed by atoms with E-state index in [0.717, 1.165) is 45.1 Å². The number of aliphatic imine (C=N–C) groups is 1. The molecule has 1 atom stereocenters. The molecule has 2 aliphatic heterocycles. The molecule has 0 aromatic heterocycles. The molecule has 0 amide bonds. The summed E-state index contributed by atoms with van der Waals surface area (Å²) in [6.07, 6.45) is 2.34. The number of nitrogens with one attached hydrogen (secondary N) is 1. The quantitative estimate of drug-likeness (QED) is 0.416. The standard InChI is InChI=1S/C22H28N4.HI/c1-23-22(26-14-12-19-7-5-6-8-20(19)17-26)24-15-18-11-13-25(16-18)21-9-3-2-4-10-21;/h2-10,18H,11-17H2,1H3,(H,23,24);1H. The van der Waals surface area contributed by atoms with E-state index in [1.807, 2.05) is 7.05 Å². The number of benzene rings is 2. The molecule has 1 N–H and O–H groups in total. The average Bonchev–Trinajstić information content (AvgIpc) is 3.18. The van der Waals surface area contributed by atoms with Crippen LogP contribution < -0.4 is 10.2 Å². The Labute approximate surface area is 179 Å². The van der Waals surface area contributed by atoms with Crippen molar-refractivity contribution in [2.24, 2.45) is 10.9 Å². The van der Waals surface area contributed by atoms with Crippen LogP contribution in [0.5, 0.6) is 0 Å². The zero-order valence-electron chi connectivity index (χ0n) is 16.0. The van der Waals surface area contributed by atoms with Crippen molar-refractivity contribution in [1.82, 2.24) is 10.2 Å². The van der Waals surface area contributed by atoms with E-state index in [0.29, 0.717) is 5.92 Å². The minimum Gasteiger partial charge on any atom is -0.371 e. The lowest BCUT2D eigenvalue weighted by molar-refractivity contribution is 0.374. The molecule has 1 saturated heterocycles. The Hall–Kier alpha value is -1.76. The monoisotopic (exact) mass is 476 g/mol. The van der Waals surface area contributed by atoms with Gasteiger partial charge in [-0.1, -0.05) is 42.5 Å². The third kappa shape index (κ3) is 4.75. The van der Waals surface area contributed by atoms with E-state index >= 15 is 0 Å². The van der Waals surface area contributed by atoms with Crippen molar-refractivity contribution in [2.45, 2.75) is 19.4 Å². The lowest BCUT2D eigenvalue weighted by Crippen LogP contribution is -2.45. The molecule has 0 bridgehead atoms. The Morgan fingerprint density at radius 2 is 1.78 bits per heavy atom. The summed E-state index contributed by atoms with van der Waals surface area (Å²) in [5, 5.41) is 3.63. The van der Waals surface area contributed by atoms with Gasteiger partial charge in [-0.15, -0.1) is 24.0 Å². The molecule has 2 aliphatic rings.